The van der Waals surface area contributed by atoms with E-state index in [1.54, 1.807) is 12.1 Å². The molecule has 2 heterocycles. The summed E-state index contributed by atoms with van der Waals surface area (Å²) in [6.07, 6.45) is -0.0812. The first-order valence-electron chi connectivity index (χ1n) is 7.72. The van der Waals surface area contributed by atoms with E-state index in [-0.39, 0.29) is 36.0 Å². The van der Waals surface area contributed by atoms with Crippen LogP contribution in [0.2, 0.25) is 0 Å². The van der Waals surface area contributed by atoms with E-state index in [1.165, 1.54) is 36.6 Å². The van der Waals surface area contributed by atoms with Crippen LogP contribution in [0.1, 0.15) is 6.42 Å². The highest BCUT2D eigenvalue weighted by molar-refractivity contribution is 7.13. The average molecular weight is 390 g/mol. The maximum atomic E-state index is 12.2. The van der Waals surface area contributed by atoms with Crippen LogP contribution in [0.4, 0.5) is 11.4 Å². The SMILES string of the molecule is COc1ccc([N+](=O)[O-])cc1NC(=O)CCn1nc(-c2cccs2)oc1=O. The van der Waals surface area contributed by atoms with Crippen LogP contribution in [0.5, 0.6) is 5.75 Å². The predicted octanol–water partition coefficient (Wildman–Crippen LogP) is 2.51. The molecular weight excluding hydrogens is 376 g/mol. The van der Waals surface area contributed by atoms with E-state index < -0.39 is 16.6 Å². The number of benzene rings is 1. The zero-order valence-electron chi connectivity index (χ0n) is 14.1. The number of nitrogens with zero attached hydrogens (tertiary/aromatic N) is 3. The Hall–Kier alpha value is -3.47. The van der Waals surface area contributed by atoms with E-state index in [0.717, 1.165) is 4.68 Å². The Labute approximate surface area is 156 Å². The van der Waals surface area contributed by atoms with Gasteiger partial charge in [-0.15, -0.1) is 16.4 Å². The molecule has 1 N–H and O–H groups in total. The Morgan fingerprint density at radius 2 is 2.26 bits per heavy atom. The smallest absolute Gasteiger partial charge is 0.437 e. The van der Waals surface area contributed by atoms with Crippen LogP contribution in [0.3, 0.4) is 0 Å². The summed E-state index contributed by atoms with van der Waals surface area (Å²) in [6, 6.07) is 7.44. The Balaban J connectivity index is 1.68. The number of carbonyl (C=O) groups is 1. The molecule has 0 aliphatic carbocycles. The average Bonchev–Trinajstić information content (AvgIpc) is 3.29. The summed E-state index contributed by atoms with van der Waals surface area (Å²) in [5, 5.41) is 19.3. The fraction of sp³-hybridized carbons (Fsp3) is 0.188. The zero-order valence-corrected chi connectivity index (χ0v) is 14.9. The minimum absolute atomic E-state index is 0.00319. The molecule has 0 atom stereocenters. The minimum Gasteiger partial charge on any atom is -0.495 e. The van der Waals surface area contributed by atoms with Crippen LogP contribution in [-0.4, -0.2) is 27.7 Å². The molecule has 0 saturated heterocycles. The van der Waals surface area contributed by atoms with Crippen molar-refractivity contribution in [2.75, 3.05) is 12.4 Å². The fourth-order valence-electron chi connectivity index (χ4n) is 2.27. The molecule has 10 nitrogen and oxygen atoms in total. The summed E-state index contributed by atoms with van der Waals surface area (Å²) in [4.78, 5) is 35.0. The summed E-state index contributed by atoms with van der Waals surface area (Å²) in [7, 11) is 1.39. The number of anilines is 1. The maximum Gasteiger partial charge on any atom is 0.437 e. The normalized spacial score (nSPS) is 10.6. The van der Waals surface area contributed by atoms with E-state index in [9.17, 15) is 19.7 Å². The summed E-state index contributed by atoms with van der Waals surface area (Å²) in [5.41, 5.74) is -0.0112. The number of methoxy groups -OCH3 is 1. The van der Waals surface area contributed by atoms with E-state index in [1.807, 2.05) is 5.38 Å². The third-order valence-corrected chi connectivity index (χ3v) is 4.41. The lowest BCUT2D eigenvalue weighted by Gasteiger charge is -2.09. The van der Waals surface area contributed by atoms with Crippen LogP contribution < -0.4 is 15.8 Å². The Morgan fingerprint density at radius 1 is 1.44 bits per heavy atom. The molecule has 1 amide bonds. The second-order valence-corrected chi connectivity index (χ2v) is 6.26. The van der Waals surface area contributed by atoms with Gasteiger partial charge in [-0.25, -0.2) is 4.79 Å². The van der Waals surface area contributed by atoms with Crippen LogP contribution >= 0.6 is 11.3 Å². The van der Waals surface area contributed by atoms with Crippen molar-refractivity contribution in [3.05, 3.63) is 56.4 Å². The standard InChI is InChI=1S/C16H14N4O6S/c1-25-12-5-4-10(20(23)24)9-11(12)17-14(21)6-7-19-16(22)26-15(18-19)13-3-2-8-27-13/h2-5,8-9H,6-7H2,1H3,(H,17,21). The Morgan fingerprint density at radius 3 is 2.93 bits per heavy atom. The summed E-state index contributed by atoms with van der Waals surface area (Å²) < 4.78 is 11.2. The molecule has 1 aromatic carbocycles. The van der Waals surface area contributed by atoms with E-state index >= 15 is 0 Å². The quantitative estimate of drug-likeness (QED) is 0.484. The molecule has 0 aliphatic heterocycles. The predicted molar refractivity (Wildman–Crippen MR) is 97.0 cm³/mol. The van der Waals surface area contributed by atoms with E-state index in [0.29, 0.717) is 4.88 Å². The van der Waals surface area contributed by atoms with Crippen molar-refractivity contribution in [2.45, 2.75) is 13.0 Å². The van der Waals surface area contributed by atoms with Gasteiger partial charge in [0, 0.05) is 18.6 Å². The third kappa shape index (κ3) is 4.20. The lowest BCUT2D eigenvalue weighted by atomic mass is 10.2. The van der Waals surface area contributed by atoms with Gasteiger partial charge in [-0.3, -0.25) is 14.9 Å². The summed E-state index contributed by atoms with van der Waals surface area (Å²) >= 11 is 1.38. The van der Waals surface area contributed by atoms with Crippen molar-refractivity contribution in [2.24, 2.45) is 0 Å². The van der Waals surface area contributed by atoms with Gasteiger partial charge in [-0.05, 0) is 17.5 Å². The first-order chi connectivity index (χ1) is 13.0. The highest BCUT2D eigenvalue weighted by atomic mass is 32.1. The lowest BCUT2D eigenvalue weighted by Crippen LogP contribution is -2.21. The molecule has 2 aromatic heterocycles. The van der Waals surface area contributed by atoms with Gasteiger partial charge in [-0.1, -0.05) is 6.07 Å². The number of carbonyl (C=O) groups excluding carboxylic acids is 1. The second-order valence-electron chi connectivity index (χ2n) is 5.31. The molecule has 0 saturated carbocycles. The van der Waals surface area contributed by atoms with Crippen molar-refractivity contribution in [3.63, 3.8) is 0 Å². The first kappa shape index (κ1) is 18.3. The van der Waals surface area contributed by atoms with Crippen molar-refractivity contribution >= 4 is 28.6 Å². The van der Waals surface area contributed by atoms with Gasteiger partial charge in [0.15, 0.2) is 0 Å². The molecule has 27 heavy (non-hydrogen) atoms. The third-order valence-electron chi connectivity index (χ3n) is 3.56. The van der Waals surface area contributed by atoms with Gasteiger partial charge in [0.05, 0.1) is 29.1 Å². The largest absolute Gasteiger partial charge is 0.495 e. The number of hydrogen-bond acceptors (Lipinski definition) is 8. The van der Waals surface area contributed by atoms with E-state index in [4.69, 9.17) is 9.15 Å². The van der Waals surface area contributed by atoms with Gasteiger partial charge in [0.25, 0.3) is 11.6 Å². The molecule has 0 aliphatic rings. The number of non-ortho nitro benzene ring substituents is 1. The number of aromatic nitrogens is 2. The molecule has 0 spiro atoms. The zero-order chi connectivity index (χ0) is 19.4. The van der Waals surface area contributed by atoms with Crippen molar-refractivity contribution < 1.29 is 18.9 Å². The van der Waals surface area contributed by atoms with Crippen LogP contribution in [0.15, 0.2) is 44.9 Å². The van der Waals surface area contributed by atoms with Gasteiger partial charge in [0.1, 0.15) is 5.75 Å². The molecule has 0 bridgehead atoms. The van der Waals surface area contributed by atoms with Crippen LogP contribution in [0.25, 0.3) is 10.8 Å². The minimum atomic E-state index is -0.667. The van der Waals surface area contributed by atoms with Gasteiger partial charge >= 0.3 is 5.76 Å². The number of thiophene rings is 1. The number of nitro groups is 1. The van der Waals surface area contributed by atoms with Gasteiger partial charge < -0.3 is 14.5 Å². The number of ether oxygens (including phenoxy) is 1. The molecule has 140 valence electrons. The summed E-state index contributed by atoms with van der Waals surface area (Å²) in [5.74, 6) is -0.649. The summed E-state index contributed by atoms with van der Waals surface area (Å²) in [6.45, 7) is -0.00319. The fourth-order valence-corrected chi connectivity index (χ4v) is 2.92. The number of nitro benzene ring substituents is 1. The number of amides is 1. The molecule has 0 fully saturated rings. The van der Waals surface area contributed by atoms with Crippen molar-refractivity contribution in [3.8, 4) is 16.5 Å². The van der Waals surface area contributed by atoms with Crippen LogP contribution in [0, 0.1) is 10.1 Å². The van der Waals surface area contributed by atoms with Crippen LogP contribution in [-0.2, 0) is 11.3 Å². The van der Waals surface area contributed by atoms with E-state index in [2.05, 4.69) is 10.4 Å². The molecule has 11 heteroatoms. The topological polar surface area (TPSA) is 130 Å². The lowest BCUT2D eigenvalue weighted by molar-refractivity contribution is -0.384. The highest BCUT2D eigenvalue weighted by Crippen LogP contribution is 2.29. The Kier molecular flexibility index (Phi) is 5.31. The molecule has 3 rings (SSSR count). The first-order valence-corrected chi connectivity index (χ1v) is 8.60. The van der Waals surface area contributed by atoms with Crippen molar-refractivity contribution in [1.82, 2.24) is 9.78 Å². The van der Waals surface area contributed by atoms with Gasteiger partial charge in [-0.2, -0.15) is 4.68 Å². The molecular formula is C16H14N4O6S. The number of hydrogen-bond donors (Lipinski definition) is 1. The molecule has 0 unspecified atom stereocenters. The number of nitrogens with one attached hydrogen (secondary N) is 1. The van der Waals surface area contributed by atoms with Crippen molar-refractivity contribution in [1.29, 1.82) is 0 Å². The number of rotatable bonds is 7. The number of aryl methyl sites for hydroxylation is 1. The maximum absolute atomic E-state index is 12.2. The molecule has 0 radical (unpaired) electrons. The molecule has 3 aromatic rings. The highest BCUT2D eigenvalue weighted by Gasteiger charge is 2.15. The second kappa shape index (κ2) is 7.83. The monoisotopic (exact) mass is 390 g/mol. The Bertz CT molecular complexity index is 1020. The van der Waals surface area contributed by atoms with Gasteiger partial charge in [0.2, 0.25) is 5.91 Å².